The number of thiocarbonyl (C=S) groups is 1. The molecule has 0 bridgehead atoms. The van der Waals surface area contributed by atoms with Gasteiger partial charge in [-0.15, -0.1) is 0 Å². The van der Waals surface area contributed by atoms with Crippen LogP contribution in [0, 0.1) is 13.8 Å². The molecule has 2 aromatic heterocycles. The number of anilines is 1. The van der Waals surface area contributed by atoms with Gasteiger partial charge in [-0.2, -0.15) is 11.3 Å². The van der Waals surface area contributed by atoms with Crippen LogP contribution in [-0.4, -0.2) is 9.97 Å². The molecule has 3 N–H and O–H groups in total. The highest BCUT2D eigenvalue weighted by Gasteiger charge is 2.14. The number of aryl methyl sites for hydroxylation is 2. The maximum atomic E-state index is 5.81. The molecule has 0 aliphatic rings. The van der Waals surface area contributed by atoms with Gasteiger partial charge in [-0.1, -0.05) is 12.2 Å². The third kappa shape index (κ3) is 3.11. The molecule has 0 radical (unpaired) electrons. The van der Waals surface area contributed by atoms with E-state index in [0.29, 0.717) is 4.99 Å². The molecule has 2 rings (SSSR count). The number of nitrogens with one attached hydrogen (secondary N) is 1. The van der Waals surface area contributed by atoms with E-state index in [1.807, 2.05) is 19.9 Å². The highest BCUT2D eigenvalue weighted by Crippen LogP contribution is 2.25. The second-order valence-electron chi connectivity index (χ2n) is 4.56. The second kappa shape index (κ2) is 5.67. The number of rotatable bonds is 4. The number of nitrogens with two attached hydrogens (primary N) is 1. The van der Waals surface area contributed by atoms with Gasteiger partial charge in [0.2, 0.25) is 0 Å². The molecule has 0 aliphatic heterocycles. The summed E-state index contributed by atoms with van der Waals surface area (Å²) in [4.78, 5) is 4.80. The lowest BCUT2D eigenvalue weighted by Gasteiger charge is -2.18. The Hall–Kier alpha value is -1.46. The third-order valence-electron chi connectivity index (χ3n) is 2.99. The number of thiophene rings is 1. The summed E-state index contributed by atoms with van der Waals surface area (Å²) in [6.07, 6.45) is 0. The molecule has 0 fully saturated rings. The van der Waals surface area contributed by atoms with E-state index in [-0.39, 0.29) is 6.04 Å². The van der Waals surface area contributed by atoms with E-state index < -0.39 is 0 Å². The van der Waals surface area contributed by atoms with Crippen molar-refractivity contribution in [2.75, 3.05) is 5.32 Å². The van der Waals surface area contributed by atoms with Gasteiger partial charge >= 0.3 is 0 Å². The number of hydrogen-bond donors (Lipinski definition) is 2. The van der Waals surface area contributed by atoms with Crippen molar-refractivity contribution in [2.45, 2.75) is 26.8 Å². The molecule has 1 unspecified atom stereocenters. The van der Waals surface area contributed by atoms with Gasteiger partial charge in [0.25, 0.3) is 0 Å². The zero-order valence-electron chi connectivity index (χ0n) is 11.2. The Morgan fingerprint density at radius 2 is 2.21 bits per heavy atom. The fourth-order valence-electron chi connectivity index (χ4n) is 2.09. The molecule has 0 saturated carbocycles. The van der Waals surface area contributed by atoms with Crippen LogP contribution < -0.4 is 11.1 Å². The molecule has 1 atom stereocenters. The molecule has 2 aromatic rings. The number of hydrogen-bond acceptors (Lipinski definition) is 4. The van der Waals surface area contributed by atoms with Crippen molar-refractivity contribution < 1.29 is 0 Å². The SMILES string of the molecule is Cc1cc(NC(C)c2ccsc2)c(C(N)=S)c(C)n1. The summed E-state index contributed by atoms with van der Waals surface area (Å²) in [6, 6.07) is 4.31. The van der Waals surface area contributed by atoms with E-state index in [0.717, 1.165) is 22.6 Å². The second-order valence-corrected chi connectivity index (χ2v) is 5.78. The summed E-state index contributed by atoms with van der Waals surface area (Å²) in [6.45, 7) is 6.02. The Morgan fingerprint density at radius 1 is 1.47 bits per heavy atom. The lowest BCUT2D eigenvalue weighted by atomic mass is 10.1. The van der Waals surface area contributed by atoms with Crippen LogP contribution in [0.3, 0.4) is 0 Å². The van der Waals surface area contributed by atoms with Crippen molar-refractivity contribution >= 4 is 34.2 Å². The molecular weight excluding hydrogens is 274 g/mol. The largest absolute Gasteiger partial charge is 0.389 e. The van der Waals surface area contributed by atoms with E-state index in [2.05, 4.69) is 34.1 Å². The van der Waals surface area contributed by atoms with Crippen LogP contribution in [0.5, 0.6) is 0 Å². The average Bonchev–Trinajstić information content (AvgIpc) is 2.80. The maximum absolute atomic E-state index is 5.81. The van der Waals surface area contributed by atoms with Crippen molar-refractivity contribution in [1.29, 1.82) is 0 Å². The van der Waals surface area contributed by atoms with E-state index >= 15 is 0 Å². The molecule has 5 heteroatoms. The molecule has 100 valence electrons. The molecule has 19 heavy (non-hydrogen) atoms. The first-order valence-corrected chi connectivity index (χ1v) is 7.41. The van der Waals surface area contributed by atoms with Crippen molar-refractivity contribution in [3.8, 4) is 0 Å². The minimum atomic E-state index is 0.209. The molecule has 0 aromatic carbocycles. The Balaban J connectivity index is 2.36. The number of nitrogens with zero attached hydrogens (tertiary/aromatic N) is 1. The topological polar surface area (TPSA) is 50.9 Å². The first-order valence-electron chi connectivity index (χ1n) is 6.05. The van der Waals surface area contributed by atoms with Gasteiger partial charge < -0.3 is 11.1 Å². The minimum absolute atomic E-state index is 0.209. The van der Waals surface area contributed by atoms with Gasteiger partial charge in [-0.3, -0.25) is 4.98 Å². The summed E-state index contributed by atoms with van der Waals surface area (Å²) in [5.41, 5.74) is 10.7. The number of pyridine rings is 1. The van der Waals surface area contributed by atoms with Crippen LogP contribution in [0.2, 0.25) is 0 Å². The fourth-order valence-corrected chi connectivity index (χ4v) is 3.10. The van der Waals surface area contributed by atoms with Crippen LogP contribution in [0.25, 0.3) is 0 Å². The fraction of sp³-hybridized carbons (Fsp3) is 0.286. The normalized spacial score (nSPS) is 12.2. The molecule has 0 saturated heterocycles. The summed E-state index contributed by atoms with van der Waals surface area (Å²) in [7, 11) is 0. The molecule has 3 nitrogen and oxygen atoms in total. The van der Waals surface area contributed by atoms with Gasteiger partial charge in [0.15, 0.2) is 0 Å². The summed E-state index contributed by atoms with van der Waals surface area (Å²) in [5, 5.41) is 7.69. The van der Waals surface area contributed by atoms with Crippen LogP contribution in [0.4, 0.5) is 5.69 Å². The van der Waals surface area contributed by atoms with Gasteiger partial charge in [0.1, 0.15) is 4.99 Å². The smallest absolute Gasteiger partial charge is 0.107 e. The van der Waals surface area contributed by atoms with E-state index in [4.69, 9.17) is 18.0 Å². The zero-order valence-corrected chi connectivity index (χ0v) is 12.9. The van der Waals surface area contributed by atoms with Crippen molar-refractivity contribution in [3.05, 3.63) is 45.4 Å². The molecular formula is C14H17N3S2. The lowest BCUT2D eigenvalue weighted by Crippen LogP contribution is -2.17. The van der Waals surface area contributed by atoms with Crippen LogP contribution in [0.1, 0.15) is 35.5 Å². The Labute approximate surface area is 122 Å². The van der Waals surface area contributed by atoms with Gasteiger partial charge in [0.05, 0.1) is 5.56 Å². The lowest BCUT2D eigenvalue weighted by molar-refractivity contribution is 0.887. The van der Waals surface area contributed by atoms with Crippen LogP contribution in [0.15, 0.2) is 22.9 Å². The average molecular weight is 291 g/mol. The standard InChI is InChI=1S/C14H17N3S2/c1-8-6-12(13(14(15)18)10(3)16-8)17-9(2)11-4-5-19-7-11/h4-7,9H,1-3H3,(H2,15,18)(H,16,17). The first-order chi connectivity index (χ1) is 8.99. The Kier molecular flexibility index (Phi) is 4.17. The molecule has 2 heterocycles. The van der Waals surface area contributed by atoms with Crippen LogP contribution >= 0.6 is 23.6 Å². The maximum Gasteiger partial charge on any atom is 0.107 e. The van der Waals surface area contributed by atoms with Crippen molar-refractivity contribution in [2.24, 2.45) is 5.73 Å². The van der Waals surface area contributed by atoms with Gasteiger partial charge in [0, 0.05) is 23.1 Å². The Bertz CT molecular complexity index is 591. The Morgan fingerprint density at radius 3 is 2.79 bits per heavy atom. The van der Waals surface area contributed by atoms with E-state index in [1.165, 1.54) is 5.56 Å². The van der Waals surface area contributed by atoms with Crippen molar-refractivity contribution in [1.82, 2.24) is 4.98 Å². The van der Waals surface area contributed by atoms with Crippen molar-refractivity contribution in [3.63, 3.8) is 0 Å². The predicted molar refractivity (Wildman–Crippen MR) is 86.0 cm³/mol. The predicted octanol–water partition coefficient (Wildman–Crippen LogP) is 3.57. The monoisotopic (exact) mass is 291 g/mol. The summed E-state index contributed by atoms with van der Waals surface area (Å²) < 4.78 is 0. The minimum Gasteiger partial charge on any atom is -0.389 e. The highest BCUT2D eigenvalue weighted by molar-refractivity contribution is 7.80. The third-order valence-corrected chi connectivity index (χ3v) is 3.90. The summed E-state index contributed by atoms with van der Waals surface area (Å²) in [5.74, 6) is 0. The quantitative estimate of drug-likeness (QED) is 0.846. The first kappa shape index (κ1) is 14.0. The zero-order chi connectivity index (χ0) is 14.0. The highest BCUT2D eigenvalue weighted by atomic mass is 32.1. The van der Waals surface area contributed by atoms with Crippen LogP contribution in [-0.2, 0) is 0 Å². The van der Waals surface area contributed by atoms with Gasteiger partial charge in [-0.25, -0.2) is 0 Å². The van der Waals surface area contributed by atoms with Gasteiger partial charge in [-0.05, 0) is 49.2 Å². The van der Waals surface area contributed by atoms with E-state index in [9.17, 15) is 0 Å². The number of aromatic nitrogens is 1. The summed E-state index contributed by atoms with van der Waals surface area (Å²) >= 11 is 6.83. The van der Waals surface area contributed by atoms with E-state index in [1.54, 1.807) is 11.3 Å². The molecule has 0 amide bonds. The molecule has 0 spiro atoms. The molecule has 0 aliphatic carbocycles.